The van der Waals surface area contributed by atoms with Crippen LogP contribution in [-0.4, -0.2) is 71.7 Å². The molecular formula is C35H44N4O5. The van der Waals surface area contributed by atoms with Crippen LogP contribution in [0.1, 0.15) is 24.0 Å². The van der Waals surface area contributed by atoms with Crippen LogP contribution in [-0.2, 0) is 27.2 Å². The Morgan fingerprint density at radius 1 is 0.727 bits per heavy atom. The summed E-state index contributed by atoms with van der Waals surface area (Å²) in [6.07, 6.45) is -3.41. The van der Waals surface area contributed by atoms with Crippen LogP contribution in [0.2, 0.25) is 0 Å². The highest BCUT2D eigenvalue weighted by Crippen LogP contribution is 2.33. The molecule has 0 amide bonds. The average Bonchev–Trinajstić information content (AvgIpc) is 3.03. The lowest BCUT2D eigenvalue weighted by Gasteiger charge is -2.47. The molecule has 9 nitrogen and oxygen atoms in total. The second-order valence-corrected chi connectivity index (χ2v) is 12.3. The fourth-order valence-electron chi connectivity index (χ4n) is 7.00. The predicted molar refractivity (Wildman–Crippen MR) is 171 cm³/mol. The average molecular weight is 601 g/mol. The van der Waals surface area contributed by atoms with Gasteiger partial charge in [-0.15, -0.1) is 0 Å². The second-order valence-electron chi connectivity index (χ2n) is 12.3. The first-order valence-corrected chi connectivity index (χ1v) is 15.5. The highest BCUT2D eigenvalue weighted by atomic mass is 16.7. The maximum absolute atomic E-state index is 11.5. The van der Waals surface area contributed by atoms with Gasteiger partial charge in [0.25, 0.3) is 0 Å². The number of benzene rings is 4. The maximum Gasteiger partial charge on any atom is 0.174 e. The summed E-state index contributed by atoms with van der Waals surface area (Å²) < 4.78 is 18.7. The van der Waals surface area contributed by atoms with E-state index in [1.165, 1.54) is 16.3 Å². The molecule has 44 heavy (non-hydrogen) atoms. The fraction of sp³-hybridized carbons (Fsp3) is 0.429. The number of ether oxygens (including phenoxy) is 3. The molecule has 10 N–H and O–H groups in total. The number of aliphatic hydroxyl groups is 2. The van der Waals surface area contributed by atoms with E-state index in [1.807, 2.05) is 48.5 Å². The third-order valence-corrected chi connectivity index (χ3v) is 9.46. The zero-order valence-electron chi connectivity index (χ0n) is 24.8. The van der Waals surface area contributed by atoms with Crippen LogP contribution in [0.5, 0.6) is 0 Å². The van der Waals surface area contributed by atoms with Crippen molar-refractivity contribution in [2.45, 2.75) is 80.8 Å². The molecule has 0 aromatic heterocycles. The highest BCUT2D eigenvalue weighted by molar-refractivity contribution is 5.86. The highest BCUT2D eigenvalue weighted by Gasteiger charge is 2.48. The van der Waals surface area contributed by atoms with Crippen LogP contribution in [0, 0.1) is 5.92 Å². The number of aryl methyl sites for hydroxylation is 1. The molecule has 0 spiro atoms. The van der Waals surface area contributed by atoms with Gasteiger partial charge in [-0.3, -0.25) is 0 Å². The Bertz CT molecular complexity index is 1540. The van der Waals surface area contributed by atoms with Gasteiger partial charge in [-0.1, -0.05) is 84.9 Å². The third kappa shape index (κ3) is 6.25. The maximum atomic E-state index is 11.5. The van der Waals surface area contributed by atoms with Gasteiger partial charge in [0.1, 0.15) is 18.3 Å². The molecule has 1 saturated heterocycles. The van der Waals surface area contributed by atoms with Crippen molar-refractivity contribution in [2.75, 3.05) is 6.54 Å². The number of aliphatic hydroxyl groups excluding tert-OH is 2. The molecule has 2 fully saturated rings. The molecule has 234 valence electrons. The Morgan fingerprint density at radius 3 is 2.00 bits per heavy atom. The van der Waals surface area contributed by atoms with Gasteiger partial charge in [0, 0.05) is 24.5 Å². The summed E-state index contributed by atoms with van der Waals surface area (Å²) in [4.78, 5) is 0. The van der Waals surface area contributed by atoms with E-state index in [9.17, 15) is 10.2 Å². The van der Waals surface area contributed by atoms with Crippen molar-refractivity contribution in [1.82, 2.24) is 0 Å². The SMILES string of the molecule is NCC1O[C@H](O[C@@H]2C(N)C[C@@H](N)[C@@H](OCc3cccc4ccccc34)C2O)[C@@H](N)C(CCc2cccc3ccccc23)[C@@H]1O. The first-order valence-electron chi connectivity index (χ1n) is 15.5. The van der Waals surface area contributed by atoms with E-state index in [0.29, 0.717) is 19.3 Å². The molecule has 1 aliphatic heterocycles. The standard InChI is InChI=1S/C35H44N4O5/c36-18-29-31(40)26(16-15-22-11-5-9-20-7-1-3-13-24(20)22)30(39)35(43-29)44-34-28(38)17-27(37)33(32(34)41)42-19-23-12-6-10-21-8-2-4-14-25(21)23/h1-14,26-35,40-41H,15-19,36-39H2/t26?,27-,28?,29?,30+,31+,32?,33-,34-,35-/m1/s1. The van der Waals surface area contributed by atoms with Gasteiger partial charge in [-0.25, -0.2) is 0 Å². The Kier molecular flexibility index (Phi) is 9.58. The van der Waals surface area contributed by atoms with Crippen LogP contribution in [0.3, 0.4) is 0 Å². The van der Waals surface area contributed by atoms with Crippen molar-refractivity contribution in [2.24, 2.45) is 28.9 Å². The Morgan fingerprint density at radius 2 is 1.32 bits per heavy atom. The first-order chi connectivity index (χ1) is 21.4. The minimum Gasteiger partial charge on any atom is -0.390 e. The van der Waals surface area contributed by atoms with Crippen molar-refractivity contribution in [1.29, 1.82) is 0 Å². The number of hydrogen-bond acceptors (Lipinski definition) is 9. The van der Waals surface area contributed by atoms with Crippen LogP contribution < -0.4 is 22.9 Å². The van der Waals surface area contributed by atoms with Gasteiger partial charge in [0.15, 0.2) is 6.29 Å². The summed E-state index contributed by atoms with van der Waals surface area (Å²) in [5.41, 5.74) is 27.9. The summed E-state index contributed by atoms with van der Waals surface area (Å²) in [6, 6.07) is 26.9. The number of rotatable bonds is 9. The van der Waals surface area contributed by atoms with E-state index in [1.54, 1.807) is 0 Å². The monoisotopic (exact) mass is 600 g/mol. The van der Waals surface area contributed by atoms with Gasteiger partial charge in [0.05, 0.1) is 24.9 Å². The minimum absolute atomic E-state index is 0.0967. The van der Waals surface area contributed by atoms with E-state index in [2.05, 4.69) is 36.4 Å². The Labute approximate surface area is 258 Å². The van der Waals surface area contributed by atoms with E-state index in [4.69, 9.17) is 37.1 Å². The fourth-order valence-corrected chi connectivity index (χ4v) is 7.00. The van der Waals surface area contributed by atoms with Crippen molar-refractivity contribution < 1.29 is 24.4 Å². The summed E-state index contributed by atoms with van der Waals surface area (Å²) >= 11 is 0. The van der Waals surface area contributed by atoms with Crippen molar-refractivity contribution in [3.63, 3.8) is 0 Å². The van der Waals surface area contributed by atoms with Gasteiger partial charge in [-0.2, -0.15) is 0 Å². The summed E-state index contributed by atoms with van der Waals surface area (Å²) in [6.45, 7) is 0.370. The van der Waals surface area contributed by atoms with Gasteiger partial charge in [-0.05, 0) is 51.9 Å². The lowest BCUT2D eigenvalue weighted by molar-refractivity contribution is -0.282. The van der Waals surface area contributed by atoms with Crippen LogP contribution in [0.4, 0.5) is 0 Å². The quantitative estimate of drug-likeness (QED) is 0.169. The van der Waals surface area contributed by atoms with Crippen LogP contribution >= 0.6 is 0 Å². The summed E-state index contributed by atoms with van der Waals surface area (Å²) in [5, 5.41) is 27.2. The molecule has 6 rings (SSSR count). The van der Waals surface area contributed by atoms with Crippen molar-refractivity contribution in [3.05, 3.63) is 96.1 Å². The molecule has 0 radical (unpaired) electrons. The van der Waals surface area contributed by atoms with E-state index in [-0.39, 0.29) is 19.1 Å². The van der Waals surface area contributed by atoms with Gasteiger partial charge >= 0.3 is 0 Å². The number of hydrogen-bond donors (Lipinski definition) is 6. The zero-order valence-corrected chi connectivity index (χ0v) is 24.8. The van der Waals surface area contributed by atoms with Crippen molar-refractivity contribution in [3.8, 4) is 0 Å². The first kappa shape index (κ1) is 31.0. The molecule has 1 heterocycles. The predicted octanol–water partition coefficient (Wildman–Crippen LogP) is 2.30. The van der Waals surface area contributed by atoms with E-state index < -0.39 is 54.9 Å². The smallest absolute Gasteiger partial charge is 0.174 e. The van der Waals surface area contributed by atoms with Crippen LogP contribution in [0.15, 0.2) is 84.9 Å². The molecule has 4 aromatic carbocycles. The zero-order chi connectivity index (χ0) is 30.8. The molecule has 1 aliphatic carbocycles. The second kappa shape index (κ2) is 13.6. The lowest BCUT2D eigenvalue weighted by atomic mass is 9.82. The van der Waals surface area contributed by atoms with E-state index in [0.717, 1.165) is 16.3 Å². The number of fused-ring (bicyclic) bond motifs is 2. The molecule has 2 aliphatic rings. The molecule has 9 heteroatoms. The van der Waals surface area contributed by atoms with Crippen LogP contribution in [0.25, 0.3) is 21.5 Å². The normalized spacial score (nSPS) is 32.7. The topological polar surface area (TPSA) is 172 Å². The summed E-state index contributed by atoms with van der Waals surface area (Å²) in [5.74, 6) is -0.348. The van der Waals surface area contributed by atoms with Crippen molar-refractivity contribution >= 4 is 21.5 Å². The molecule has 0 bridgehead atoms. The Hall–Kier alpha value is -2.96. The van der Waals surface area contributed by atoms with Gasteiger partial charge in [0.2, 0.25) is 0 Å². The summed E-state index contributed by atoms with van der Waals surface area (Å²) in [7, 11) is 0. The largest absolute Gasteiger partial charge is 0.390 e. The lowest BCUT2D eigenvalue weighted by Crippen LogP contribution is -2.66. The Balaban J connectivity index is 1.16. The minimum atomic E-state index is -1.11. The number of nitrogens with two attached hydrogens (primary N) is 4. The van der Waals surface area contributed by atoms with Gasteiger partial charge < -0.3 is 47.4 Å². The van der Waals surface area contributed by atoms with E-state index >= 15 is 0 Å². The molecule has 4 aromatic rings. The molecular weight excluding hydrogens is 556 g/mol. The third-order valence-electron chi connectivity index (χ3n) is 9.46. The molecule has 10 atom stereocenters. The molecule has 1 saturated carbocycles. The molecule has 4 unspecified atom stereocenters.